The summed E-state index contributed by atoms with van der Waals surface area (Å²) in [6, 6.07) is 62.1. The monoisotopic (exact) mass is 974 g/mol. The molecule has 76 heavy (non-hydrogen) atoms. The highest BCUT2D eigenvalue weighted by Gasteiger charge is 2.55. The first kappa shape index (κ1) is 43.7. The van der Waals surface area contributed by atoms with Gasteiger partial charge in [-0.2, -0.15) is 0 Å². The molecule has 0 heterocycles. The van der Waals surface area contributed by atoms with Crippen molar-refractivity contribution in [3.8, 4) is 66.8 Å². The van der Waals surface area contributed by atoms with E-state index in [9.17, 15) is 0 Å². The summed E-state index contributed by atoms with van der Waals surface area (Å²) in [4.78, 5) is 0. The van der Waals surface area contributed by atoms with Gasteiger partial charge < -0.3 is 0 Å². The smallest absolute Gasteiger partial charge is 0.0162 e. The van der Waals surface area contributed by atoms with Gasteiger partial charge in [-0.15, -0.1) is 0 Å². The van der Waals surface area contributed by atoms with Gasteiger partial charge >= 0.3 is 0 Å². The fourth-order valence-corrected chi connectivity index (χ4v) is 17.4. The van der Waals surface area contributed by atoms with Crippen LogP contribution in [0.3, 0.4) is 0 Å². The van der Waals surface area contributed by atoms with E-state index in [0.717, 1.165) is 0 Å². The van der Waals surface area contributed by atoms with Crippen LogP contribution in [0.4, 0.5) is 0 Å². The zero-order chi connectivity index (χ0) is 51.9. The van der Waals surface area contributed by atoms with Crippen LogP contribution in [0.2, 0.25) is 0 Å². The summed E-state index contributed by atoms with van der Waals surface area (Å²) in [5, 5.41) is 10.8. The molecule has 0 spiro atoms. The molecule has 6 aliphatic carbocycles. The average Bonchev–Trinajstić information content (AvgIpc) is 4.07. The summed E-state index contributed by atoms with van der Waals surface area (Å²) in [7, 11) is 0. The maximum Gasteiger partial charge on any atom is 0.0162 e. The molecule has 0 saturated carbocycles. The third-order valence-corrected chi connectivity index (χ3v) is 21.2. The number of rotatable bonds is 2. The Bertz CT molecular complexity index is 4370. The van der Waals surface area contributed by atoms with Crippen LogP contribution in [0, 0.1) is 0 Å². The van der Waals surface area contributed by atoms with Crippen molar-refractivity contribution < 1.29 is 0 Å². The highest BCUT2D eigenvalue weighted by molar-refractivity contribution is 6.17. The lowest BCUT2D eigenvalue weighted by atomic mass is 9.66. The lowest BCUT2D eigenvalue weighted by Crippen LogP contribution is -2.27. The second-order valence-corrected chi connectivity index (χ2v) is 27.2. The molecule has 0 fully saturated rings. The minimum Gasteiger partial charge on any atom is -0.0616 e. The first-order valence-electron chi connectivity index (χ1n) is 28.1. The Hall–Kier alpha value is -7.54. The topological polar surface area (TPSA) is 0 Å². The molecule has 0 N–H and O–H groups in total. The van der Waals surface area contributed by atoms with Crippen molar-refractivity contribution in [3.63, 3.8) is 0 Å². The standard InChI is InChI=1S/C76H62/c1-71(2)53-25-17-23-45-47(43-29-27-39-19-13-15-21-41(39)31-43)33-57-63(61(45)53)65-59(71)37-51-49-35-56-50(36-55(49)73(5,6)67(51)69(65)75(57,9)10)52-38-60-66-64-58(76(11,12)70(66)68(52)74(56,7)8)34-48(44-30-28-40-20-14-16-22-42(40)32-44)46-24-18-26-54(62(46)64)72(60,3)4/h13-38H,1-12H3. The number of benzene rings is 11. The van der Waals surface area contributed by atoms with Gasteiger partial charge in [-0.3, -0.25) is 0 Å². The zero-order valence-electron chi connectivity index (χ0n) is 46.0. The quantitative estimate of drug-likeness (QED) is 0.162. The van der Waals surface area contributed by atoms with Gasteiger partial charge in [-0.25, -0.2) is 0 Å². The van der Waals surface area contributed by atoms with Crippen LogP contribution < -0.4 is 0 Å². The summed E-state index contributed by atoms with van der Waals surface area (Å²) < 4.78 is 0. The van der Waals surface area contributed by atoms with Crippen molar-refractivity contribution in [1.29, 1.82) is 0 Å². The van der Waals surface area contributed by atoms with Crippen molar-refractivity contribution >= 4 is 43.1 Å². The summed E-state index contributed by atoms with van der Waals surface area (Å²) in [6.45, 7) is 30.4. The zero-order valence-corrected chi connectivity index (χ0v) is 46.0. The lowest BCUT2D eigenvalue weighted by molar-refractivity contribution is 0.594. The fraction of sp³-hybridized carbons (Fsp3) is 0.237. The molecule has 0 atom stereocenters. The summed E-state index contributed by atoms with van der Waals surface area (Å²) >= 11 is 0. The number of hydrogen-bond donors (Lipinski definition) is 0. The van der Waals surface area contributed by atoms with E-state index in [-0.39, 0.29) is 32.5 Å². The van der Waals surface area contributed by atoms with Crippen LogP contribution in [0.25, 0.3) is 110 Å². The first-order valence-corrected chi connectivity index (χ1v) is 28.1. The average molecular weight is 975 g/mol. The lowest BCUT2D eigenvalue weighted by Gasteiger charge is -2.37. The molecule has 11 aromatic carbocycles. The molecule has 0 radical (unpaired) electrons. The Kier molecular flexibility index (Phi) is 7.56. The van der Waals surface area contributed by atoms with Gasteiger partial charge in [0.2, 0.25) is 0 Å². The molecule has 0 saturated heterocycles. The van der Waals surface area contributed by atoms with Crippen LogP contribution in [0.5, 0.6) is 0 Å². The molecule has 0 aliphatic heterocycles. The Labute approximate surface area is 447 Å². The third-order valence-electron chi connectivity index (χ3n) is 21.2. The van der Waals surface area contributed by atoms with E-state index >= 15 is 0 Å². The minimum absolute atomic E-state index is 0.210. The van der Waals surface area contributed by atoms with Gasteiger partial charge in [-0.1, -0.05) is 192 Å². The molecular formula is C76H62. The first-order chi connectivity index (χ1) is 36.2. The molecule has 11 aromatic rings. The molecule has 6 aliphatic rings. The van der Waals surface area contributed by atoms with Crippen molar-refractivity contribution in [2.75, 3.05) is 0 Å². The fourth-order valence-electron chi connectivity index (χ4n) is 17.4. The summed E-state index contributed by atoms with van der Waals surface area (Å²) in [5.74, 6) is 0. The second-order valence-electron chi connectivity index (χ2n) is 27.2. The van der Waals surface area contributed by atoms with E-state index in [1.165, 1.54) is 165 Å². The molecule has 366 valence electrons. The minimum atomic E-state index is -0.235. The highest BCUT2D eigenvalue weighted by atomic mass is 14.6. The van der Waals surface area contributed by atoms with Crippen LogP contribution >= 0.6 is 0 Å². The normalized spacial score (nSPS) is 18.4. The molecule has 0 aromatic heterocycles. The van der Waals surface area contributed by atoms with Crippen molar-refractivity contribution in [2.45, 2.75) is 116 Å². The maximum absolute atomic E-state index is 2.70. The Morgan fingerprint density at radius 1 is 0.224 bits per heavy atom. The Morgan fingerprint density at radius 3 is 0.974 bits per heavy atom. The van der Waals surface area contributed by atoms with Gasteiger partial charge in [0, 0.05) is 32.5 Å². The highest BCUT2D eigenvalue weighted by Crippen LogP contribution is 2.69. The van der Waals surface area contributed by atoms with E-state index in [4.69, 9.17) is 0 Å². The Morgan fingerprint density at radius 2 is 0.566 bits per heavy atom. The van der Waals surface area contributed by atoms with E-state index in [0.29, 0.717) is 0 Å². The maximum atomic E-state index is 2.70. The van der Waals surface area contributed by atoms with E-state index < -0.39 is 0 Å². The van der Waals surface area contributed by atoms with Crippen LogP contribution in [-0.2, 0) is 32.5 Å². The van der Waals surface area contributed by atoms with Crippen molar-refractivity contribution in [3.05, 3.63) is 224 Å². The predicted molar refractivity (Wildman–Crippen MR) is 322 cm³/mol. The van der Waals surface area contributed by atoms with Crippen LogP contribution in [-0.4, -0.2) is 0 Å². The van der Waals surface area contributed by atoms with E-state index in [1.54, 1.807) is 11.1 Å². The van der Waals surface area contributed by atoms with Gasteiger partial charge in [-0.05, 0) is 225 Å². The molecule has 0 bridgehead atoms. The van der Waals surface area contributed by atoms with Crippen molar-refractivity contribution in [2.24, 2.45) is 0 Å². The van der Waals surface area contributed by atoms with E-state index in [2.05, 4.69) is 241 Å². The summed E-state index contributed by atoms with van der Waals surface area (Å²) in [5.41, 5.74) is 33.6. The van der Waals surface area contributed by atoms with Crippen LogP contribution in [0.15, 0.2) is 158 Å². The summed E-state index contributed by atoms with van der Waals surface area (Å²) in [6.07, 6.45) is 0. The Balaban J connectivity index is 0.885. The van der Waals surface area contributed by atoms with Gasteiger partial charge in [0.25, 0.3) is 0 Å². The SMILES string of the molecule is CC1(C)c2cc3c(cc2-c2cc4c5c(c21)C(C)(C)c1cc(-c2ccc6ccccc6c2)c2cccc(c2c1-5)C4(C)C)C(C)(C)c1c-3cc2c3c1C(C)(C)c1cc(-c4ccc5ccccc5c4)c4cccc(c4c1-3)C2(C)C. The van der Waals surface area contributed by atoms with Gasteiger partial charge in [0.15, 0.2) is 0 Å². The third kappa shape index (κ3) is 4.77. The second kappa shape index (κ2) is 13.2. The number of fused-ring (bicyclic) bond motifs is 10. The van der Waals surface area contributed by atoms with Gasteiger partial charge in [0.1, 0.15) is 0 Å². The molecule has 0 unspecified atom stereocenters. The molecular weight excluding hydrogens is 913 g/mol. The molecule has 0 nitrogen and oxygen atoms in total. The van der Waals surface area contributed by atoms with Crippen molar-refractivity contribution in [1.82, 2.24) is 0 Å². The van der Waals surface area contributed by atoms with Crippen LogP contribution in [0.1, 0.15) is 150 Å². The molecule has 0 amide bonds. The number of hydrogen-bond acceptors (Lipinski definition) is 0. The largest absolute Gasteiger partial charge is 0.0616 e. The van der Waals surface area contributed by atoms with Gasteiger partial charge in [0.05, 0.1) is 0 Å². The predicted octanol–water partition coefficient (Wildman–Crippen LogP) is 20.1. The molecule has 0 heteroatoms. The molecule has 17 rings (SSSR count). The van der Waals surface area contributed by atoms with E-state index in [1.807, 2.05) is 0 Å².